The van der Waals surface area contributed by atoms with Crippen LogP contribution in [0.2, 0.25) is 0 Å². The van der Waals surface area contributed by atoms with Crippen LogP contribution in [0.5, 0.6) is 17.2 Å². The molecule has 32 heavy (non-hydrogen) atoms. The van der Waals surface area contributed by atoms with E-state index in [1.54, 1.807) is 23.0 Å². The maximum atomic E-state index is 13.5. The van der Waals surface area contributed by atoms with Gasteiger partial charge in [-0.05, 0) is 62.7 Å². The van der Waals surface area contributed by atoms with Crippen molar-refractivity contribution in [2.45, 2.75) is 27.3 Å². The molecular weight excluding hydrogens is 424 g/mol. The summed E-state index contributed by atoms with van der Waals surface area (Å²) < 4.78 is 18.2. The monoisotopic (exact) mass is 450 g/mol. The summed E-state index contributed by atoms with van der Waals surface area (Å²) >= 11 is 1.55. The largest absolute Gasteiger partial charge is 0.497 e. The summed E-state index contributed by atoms with van der Waals surface area (Å²) in [6.07, 6.45) is 0. The molecular formula is C25H26N2O4S. The lowest BCUT2D eigenvalue weighted by Gasteiger charge is -2.12. The number of ether oxygens (including phenoxy) is 3. The molecule has 0 aliphatic heterocycles. The second kappa shape index (κ2) is 9.44. The molecule has 4 rings (SSSR count). The highest BCUT2D eigenvalue weighted by Gasteiger charge is 2.18. The highest BCUT2D eigenvalue weighted by Crippen LogP contribution is 2.36. The molecule has 6 nitrogen and oxygen atoms in total. The number of hydrogen-bond donors (Lipinski definition) is 0. The molecule has 2 aromatic carbocycles. The van der Waals surface area contributed by atoms with E-state index in [4.69, 9.17) is 19.2 Å². The summed E-state index contributed by atoms with van der Waals surface area (Å²) in [5.74, 6) is 3.00. The molecule has 0 spiro atoms. The minimum absolute atomic E-state index is 0.0425. The van der Waals surface area contributed by atoms with Crippen molar-refractivity contribution < 1.29 is 14.2 Å². The van der Waals surface area contributed by atoms with Crippen molar-refractivity contribution in [1.82, 2.24) is 9.55 Å². The SMILES string of the molecule is CCOc1ccc(-c2c(C)sc3nc(C)n(CCOc4ccc(OC)cc4)c(=O)c23)cc1. The second-order valence-electron chi connectivity index (χ2n) is 7.31. The van der Waals surface area contributed by atoms with Crippen LogP contribution in [0.4, 0.5) is 0 Å². The maximum Gasteiger partial charge on any atom is 0.263 e. The fourth-order valence-electron chi connectivity index (χ4n) is 3.72. The molecule has 0 aliphatic rings. The van der Waals surface area contributed by atoms with Gasteiger partial charge in [0.25, 0.3) is 5.56 Å². The zero-order valence-electron chi connectivity index (χ0n) is 18.7. The van der Waals surface area contributed by atoms with Crippen molar-refractivity contribution in [1.29, 1.82) is 0 Å². The third-order valence-corrected chi connectivity index (χ3v) is 6.27. The van der Waals surface area contributed by atoms with Crippen LogP contribution in [-0.2, 0) is 6.54 Å². The van der Waals surface area contributed by atoms with Crippen LogP contribution in [0.25, 0.3) is 21.3 Å². The number of nitrogens with zero attached hydrogens (tertiary/aromatic N) is 2. The van der Waals surface area contributed by atoms with Crippen molar-refractivity contribution >= 4 is 21.6 Å². The summed E-state index contributed by atoms with van der Waals surface area (Å²) in [6, 6.07) is 15.3. The Kier molecular flexibility index (Phi) is 6.46. The van der Waals surface area contributed by atoms with Gasteiger partial charge in [-0.3, -0.25) is 9.36 Å². The van der Waals surface area contributed by atoms with Gasteiger partial charge in [-0.2, -0.15) is 0 Å². The minimum Gasteiger partial charge on any atom is -0.497 e. The van der Waals surface area contributed by atoms with E-state index in [0.717, 1.165) is 38.1 Å². The van der Waals surface area contributed by atoms with Crippen molar-refractivity contribution in [3.8, 4) is 28.4 Å². The van der Waals surface area contributed by atoms with Crippen molar-refractivity contribution in [3.05, 3.63) is 69.6 Å². The summed E-state index contributed by atoms with van der Waals surface area (Å²) in [6.45, 7) is 7.24. The molecule has 0 saturated heterocycles. The van der Waals surface area contributed by atoms with Crippen LogP contribution in [0.3, 0.4) is 0 Å². The number of aromatic nitrogens is 2. The number of aryl methyl sites for hydroxylation is 2. The molecule has 4 aromatic rings. The van der Waals surface area contributed by atoms with Gasteiger partial charge in [0.1, 0.15) is 34.5 Å². The molecule has 166 valence electrons. The van der Waals surface area contributed by atoms with Crippen LogP contribution in [0, 0.1) is 13.8 Å². The van der Waals surface area contributed by atoms with Gasteiger partial charge >= 0.3 is 0 Å². The first-order valence-corrected chi connectivity index (χ1v) is 11.3. The molecule has 0 bridgehead atoms. The van der Waals surface area contributed by atoms with E-state index in [1.165, 1.54) is 0 Å². The van der Waals surface area contributed by atoms with Gasteiger partial charge in [0, 0.05) is 10.4 Å². The standard InChI is InChI=1S/C25H26N2O4S/c1-5-30-20-8-6-18(7-9-20)22-16(2)32-24-23(22)25(28)27(17(3)26-24)14-15-31-21-12-10-19(29-4)11-13-21/h6-13H,5,14-15H2,1-4H3. The number of methoxy groups -OCH3 is 1. The first-order valence-electron chi connectivity index (χ1n) is 10.5. The summed E-state index contributed by atoms with van der Waals surface area (Å²) in [5.41, 5.74) is 1.88. The van der Waals surface area contributed by atoms with Crippen LogP contribution in [-0.4, -0.2) is 29.9 Å². The van der Waals surface area contributed by atoms with E-state index in [9.17, 15) is 4.79 Å². The topological polar surface area (TPSA) is 62.6 Å². The van der Waals surface area contributed by atoms with E-state index in [2.05, 4.69) is 0 Å². The molecule has 0 amide bonds. The molecule has 0 atom stereocenters. The Morgan fingerprint density at radius 1 is 0.938 bits per heavy atom. The van der Waals surface area contributed by atoms with E-state index >= 15 is 0 Å². The van der Waals surface area contributed by atoms with Gasteiger partial charge in [-0.1, -0.05) is 12.1 Å². The lowest BCUT2D eigenvalue weighted by molar-refractivity contribution is 0.294. The molecule has 2 heterocycles. The van der Waals surface area contributed by atoms with Gasteiger partial charge in [0.15, 0.2) is 0 Å². The Morgan fingerprint density at radius 3 is 2.22 bits per heavy atom. The number of hydrogen-bond acceptors (Lipinski definition) is 6. The average molecular weight is 451 g/mol. The summed E-state index contributed by atoms with van der Waals surface area (Å²) in [4.78, 5) is 20.0. The van der Waals surface area contributed by atoms with Crippen LogP contribution in [0.1, 0.15) is 17.6 Å². The Balaban J connectivity index is 1.63. The predicted octanol–water partition coefficient (Wildman–Crippen LogP) is 5.23. The maximum absolute atomic E-state index is 13.5. The number of benzene rings is 2. The Morgan fingerprint density at radius 2 is 1.56 bits per heavy atom. The van der Waals surface area contributed by atoms with Crippen molar-refractivity contribution in [2.75, 3.05) is 20.3 Å². The highest BCUT2D eigenvalue weighted by atomic mass is 32.1. The molecule has 0 fully saturated rings. The molecule has 0 saturated carbocycles. The van der Waals surface area contributed by atoms with Gasteiger partial charge in [-0.25, -0.2) is 4.98 Å². The fourth-order valence-corrected chi connectivity index (χ4v) is 4.80. The molecule has 7 heteroatoms. The fraction of sp³-hybridized carbons (Fsp3) is 0.280. The highest BCUT2D eigenvalue weighted by molar-refractivity contribution is 7.19. The van der Waals surface area contributed by atoms with E-state index in [1.807, 2.05) is 69.3 Å². The molecule has 0 radical (unpaired) electrons. The molecule has 0 N–H and O–H groups in total. The van der Waals surface area contributed by atoms with Crippen LogP contribution in [0.15, 0.2) is 53.3 Å². The van der Waals surface area contributed by atoms with Gasteiger partial charge in [0.05, 0.1) is 25.6 Å². The lowest BCUT2D eigenvalue weighted by Crippen LogP contribution is -2.26. The van der Waals surface area contributed by atoms with Crippen LogP contribution >= 0.6 is 11.3 Å². The van der Waals surface area contributed by atoms with E-state index < -0.39 is 0 Å². The second-order valence-corrected chi connectivity index (χ2v) is 8.51. The first-order chi connectivity index (χ1) is 15.5. The van der Waals surface area contributed by atoms with Crippen molar-refractivity contribution in [2.24, 2.45) is 0 Å². The van der Waals surface area contributed by atoms with E-state index in [-0.39, 0.29) is 5.56 Å². The normalized spacial score (nSPS) is 11.0. The molecule has 0 unspecified atom stereocenters. The van der Waals surface area contributed by atoms with Crippen LogP contribution < -0.4 is 19.8 Å². The smallest absolute Gasteiger partial charge is 0.263 e. The Labute approximate surface area is 191 Å². The van der Waals surface area contributed by atoms with E-state index in [0.29, 0.717) is 31.0 Å². The zero-order valence-corrected chi connectivity index (χ0v) is 19.5. The first kappa shape index (κ1) is 21.9. The van der Waals surface area contributed by atoms with Crippen molar-refractivity contribution in [3.63, 3.8) is 0 Å². The number of thiophene rings is 1. The predicted molar refractivity (Wildman–Crippen MR) is 128 cm³/mol. The summed E-state index contributed by atoms with van der Waals surface area (Å²) in [7, 11) is 1.63. The Hall–Kier alpha value is -3.32. The van der Waals surface area contributed by atoms with Gasteiger partial charge in [-0.15, -0.1) is 11.3 Å². The Bertz CT molecular complexity index is 1270. The third-order valence-electron chi connectivity index (χ3n) is 5.28. The third kappa shape index (κ3) is 4.34. The minimum atomic E-state index is -0.0425. The van der Waals surface area contributed by atoms with Gasteiger partial charge in [0.2, 0.25) is 0 Å². The number of fused-ring (bicyclic) bond motifs is 1. The molecule has 2 aromatic heterocycles. The quantitative estimate of drug-likeness (QED) is 0.368. The number of rotatable bonds is 8. The van der Waals surface area contributed by atoms with Gasteiger partial charge < -0.3 is 14.2 Å². The average Bonchev–Trinajstić information content (AvgIpc) is 3.13. The lowest BCUT2D eigenvalue weighted by atomic mass is 10.0. The summed E-state index contributed by atoms with van der Waals surface area (Å²) in [5, 5.41) is 0.659. The zero-order chi connectivity index (χ0) is 22.7. The molecule has 0 aliphatic carbocycles.